The Labute approximate surface area is 215 Å². The third-order valence-corrected chi connectivity index (χ3v) is 6.17. The van der Waals surface area contributed by atoms with Gasteiger partial charge in [-0.05, 0) is 37.6 Å². The van der Waals surface area contributed by atoms with Crippen molar-refractivity contribution in [1.29, 1.82) is 0 Å². The lowest BCUT2D eigenvalue weighted by Gasteiger charge is -2.36. The van der Waals surface area contributed by atoms with Crippen LogP contribution in [0.3, 0.4) is 0 Å². The van der Waals surface area contributed by atoms with Crippen molar-refractivity contribution < 1.29 is 38.4 Å². The van der Waals surface area contributed by atoms with Crippen molar-refractivity contribution in [3.05, 3.63) is 72.2 Å². The molecule has 3 atom stereocenters. The van der Waals surface area contributed by atoms with Gasteiger partial charge in [0, 0.05) is 36.0 Å². The van der Waals surface area contributed by atoms with Crippen molar-refractivity contribution in [3.8, 4) is 5.75 Å². The van der Waals surface area contributed by atoms with E-state index in [1.54, 1.807) is 30.5 Å². The molecule has 0 fully saturated rings. The van der Waals surface area contributed by atoms with Gasteiger partial charge in [-0.25, -0.2) is 0 Å². The standard InChI is InChI=1S/C28H33NO8/c1-2-35-28-20(11-13-33-15-16-34-14-12-30)21(22-18-36-25-10-6-3-7-19(22)25)17-26(37-28)27(32)29-23-8-4-5-9-24(23)31/h3-10,17-18,20-21,28,30-31H,2,11-16H2,1H3,(H,29,32)/t20-,21-,28+/m0/s1. The topological polar surface area (TPSA) is 120 Å². The number of aliphatic hydroxyl groups excluding tert-OH is 1. The van der Waals surface area contributed by atoms with Crippen LogP contribution in [0.15, 0.2) is 71.0 Å². The van der Waals surface area contributed by atoms with E-state index in [-0.39, 0.29) is 42.2 Å². The molecule has 0 saturated heterocycles. The molecule has 9 heteroatoms. The molecular formula is C28H33NO8. The van der Waals surface area contributed by atoms with Gasteiger partial charge in [-0.2, -0.15) is 0 Å². The fraction of sp³-hybridized carbons (Fsp3) is 0.393. The molecule has 0 spiro atoms. The molecule has 0 bridgehead atoms. The first kappa shape index (κ1) is 26.7. The number of allylic oxidation sites excluding steroid dienone is 1. The van der Waals surface area contributed by atoms with E-state index in [0.717, 1.165) is 16.5 Å². The second-order valence-corrected chi connectivity index (χ2v) is 8.56. The first-order valence-electron chi connectivity index (χ1n) is 12.4. The Morgan fingerprint density at radius 2 is 1.78 bits per heavy atom. The second kappa shape index (κ2) is 13.3. The number of ether oxygens (including phenoxy) is 4. The lowest BCUT2D eigenvalue weighted by Crippen LogP contribution is -2.38. The van der Waals surface area contributed by atoms with Crippen LogP contribution in [-0.4, -0.2) is 62.1 Å². The number of phenols is 1. The largest absolute Gasteiger partial charge is 0.506 e. The number of carbonyl (C=O) groups excluding carboxylic acids is 1. The third-order valence-electron chi connectivity index (χ3n) is 6.17. The molecule has 9 nitrogen and oxygen atoms in total. The van der Waals surface area contributed by atoms with Crippen LogP contribution in [0, 0.1) is 5.92 Å². The smallest absolute Gasteiger partial charge is 0.290 e. The summed E-state index contributed by atoms with van der Waals surface area (Å²) in [6.07, 6.45) is 3.40. The van der Waals surface area contributed by atoms with Crippen LogP contribution in [0.5, 0.6) is 5.75 Å². The number of benzene rings is 2. The number of hydrogen-bond acceptors (Lipinski definition) is 8. The third kappa shape index (κ3) is 6.69. The Morgan fingerprint density at radius 3 is 2.57 bits per heavy atom. The van der Waals surface area contributed by atoms with Crippen LogP contribution in [0.4, 0.5) is 5.69 Å². The Bertz CT molecular complexity index is 1190. The van der Waals surface area contributed by atoms with Gasteiger partial charge in [0.15, 0.2) is 5.76 Å². The van der Waals surface area contributed by atoms with Crippen LogP contribution in [0.1, 0.15) is 24.8 Å². The number of rotatable bonds is 13. The Balaban J connectivity index is 1.59. The normalized spacial score (nSPS) is 19.4. The van der Waals surface area contributed by atoms with E-state index in [0.29, 0.717) is 32.8 Å². The molecular weight excluding hydrogens is 478 g/mol. The minimum absolute atomic E-state index is 0.0259. The van der Waals surface area contributed by atoms with Crippen molar-refractivity contribution in [3.63, 3.8) is 0 Å². The van der Waals surface area contributed by atoms with E-state index < -0.39 is 12.2 Å². The fourth-order valence-corrected chi connectivity index (χ4v) is 4.42. The number of para-hydroxylation sites is 3. The van der Waals surface area contributed by atoms with Gasteiger partial charge in [0.2, 0.25) is 6.29 Å². The maximum Gasteiger partial charge on any atom is 0.290 e. The van der Waals surface area contributed by atoms with Gasteiger partial charge < -0.3 is 38.9 Å². The Morgan fingerprint density at radius 1 is 1.03 bits per heavy atom. The second-order valence-electron chi connectivity index (χ2n) is 8.56. The van der Waals surface area contributed by atoms with Crippen molar-refractivity contribution in [2.24, 2.45) is 5.92 Å². The predicted molar refractivity (Wildman–Crippen MR) is 137 cm³/mol. The van der Waals surface area contributed by atoms with E-state index in [9.17, 15) is 9.90 Å². The molecule has 2 aromatic carbocycles. The SMILES string of the molecule is CCO[C@@H]1OC(C(=O)Nc2ccccc2O)=C[C@H](c2coc3ccccc23)[C@@H]1CCOCCOCCO. The number of phenolic OH excluding ortho intramolecular Hbond substituents is 1. The van der Waals surface area contributed by atoms with Crippen LogP contribution >= 0.6 is 0 Å². The summed E-state index contributed by atoms with van der Waals surface area (Å²) >= 11 is 0. The molecule has 1 amide bonds. The van der Waals surface area contributed by atoms with Gasteiger partial charge in [0.1, 0.15) is 11.3 Å². The van der Waals surface area contributed by atoms with Gasteiger partial charge >= 0.3 is 0 Å². The quantitative estimate of drug-likeness (QED) is 0.231. The van der Waals surface area contributed by atoms with E-state index in [4.69, 9.17) is 28.5 Å². The molecule has 1 aromatic heterocycles. The van der Waals surface area contributed by atoms with Crippen LogP contribution in [0.2, 0.25) is 0 Å². The van der Waals surface area contributed by atoms with Gasteiger partial charge in [-0.15, -0.1) is 0 Å². The summed E-state index contributed by atoms with van der Waals surface area (Å²) in [5.41, 5.74) is 1.96. The molecule has 0 radical (unpaired) electrons. The number of hydrogen-bond donors (Lipinski definition) is 3. The maximum atomic E-state index is 13.2. The van der Waals surface area contributed by atoms with E-state index in [2.05, 4.69) is 5.32 Å². The van der Waals surface area contributed by atoms with Gasteiger partial charge in [-0.3, -0.25) is 4.79 Å². The molecule has 1 aliphatic rings. The summed E-state index contributed by atoms with van der Waals surface area (Å²) in [4.78, 5) is 13.2. The number of fused-ring (bicyclic) bond motifs is 1. The zero-order valence-electron chi connectivity index (χ0n) is 20.8. The fourth-order valence-electron chi connectivity index (χ4n) is 4.42. The molecule has 1 aliphatic heterocycles. The number of nitrogens with one attached hydrogen (secondary N) is 1. The number of aromatic hydroxyl groups is 1. The minimum Gasteiger partial charge on any atom is -0.506 e. The van der Waals surface area contributed by atoms with Gasteiger partial charge in [-0.1, -0.05) is 30.3 Å². The van der Waals surface area contributed by atoms with Crippen molar-refractivity contribution in [2.45, 2.75) is 25.6 Å². The molecule has 3 N–H and O–H groups in total. The Hall–Kier alpha value is -3.37. The molecule has 2 heterocycles. The summed E-state index contributed by atoms with van der Waals surface area (Å²) in [5.74, 6) is -0.843. The molecule has 198 valence electrons. The molecule has 0 saturated carbocycles. The van der Waals surface area contributed by atoms with E-state index >= 15 is 0 Å². The summed E-state index contributed by atoms with van der Waals surface area (Å²) < 4.78 is 28.9. The number of aliphatic hydroxyl groups is 1. The summed E-state index contributed by atoms with van der Waals surface area (Å²) in [5, 5.41) is 22.6. The van der Waals surface area contributed by atoms with Crippen molar-refractivity contribution in [2.75, 3.05) is 45.0 Å². The lowest BCUT2D eigenvalue weighted by molar-refractivity contribution is -0.166. The highest BCUT2D eigenvalue weighted by atomic mass is 16.7. The number of anilines is 1. The molecule has 37 heavy (non-hydrogen) atoms. The van der Waals surface area contributed by atoms with Crippen molar-refractivity contribution in [1.82, 2.24) is 0 Å². The average molecular weight is 512 g/mol. The van der Waals surface area contributed by atoms with Crippen molar-refractivity contribution >= 4 is 22.6 Å². The van der Waals surface area contributed by atoms with E-state index in [1.807, 2.05) is 31.2 Å². The van der Waals surface area contributed by atoms with Gasteiger partial charge in [0.05, 0.1) is 38.4 Å². The van der Waals surface area contributed by atoms with E-state index in [1.165, 1.54) is 6.07 Å². The first-order chi connectivity index (χ1) is 18.1. The van der Waals surface area contributed by atoms with Crippen LogP contribution in [0.25, 0.3) is 11.0 Å². The molecule has 0 aliphatic carbocycles. The number of amides is 1. The monoisotopic (exact) mass is 511 g/mol. The summed E-state index contributed by atoms with van der Waals surface area (Å²) in [6.45, 7) is 3.74. The highest BCUT2D eigenvalue weighted by Gasteiger charge is 2.39. The minimum atomic E-state index is -0.701. The maximum absolute atomic E-state index is 13.2. The van der Waals surface area contributed by atoms with Crippen LogP contribution in [-0.2, 0) is 23.7 Å². The highest BCUT2D eigenvalue weighted by molar-refractivity contribution is 6.03. The molecule has 4 rings (SSSR count). The summed E-state index contributed by atoms with van der Waals surface area (Å²) in [7, 11) is 0. The highest BCUT2D eigenvalue weighted by Crippen LogP contribution is 2.42. The predicted octanol–water partition coefficient (Wildman–Crippen LogP) is 4.17. The lowest BCUT2D eigenvalue weighted by atomic mass is 9.81. The summed E-state index contributed by atoms with van der Waals surface area (Å²) in [6, 6.07) is 14.3. The average Bonchev–Trinajstić information content (AvgIpc) is 3.34. The van der Waals surface area contributed by atoms with Crippen LogP contribution < -0.4 is 5.32 Å². The zero-order chi connectivity index (χ0) is 26.0. The first-order valence-corrected chi connectivity index (χ1v) is 12.4. The number of furan rings is 1. The molecule has 3 aromatic rings. The van der Waals surface area contributed by atoms with Gasteiger partial charge in [0.25, 0.3) is 5.91 Å². The number of carbonyl (C=O) groups is 1. The zero-order valence-corrected chi connectivity index (χ0v) is 20.8. The molecule has 0 unspecified atom stereocenters. The Kier molecular flexibility index (Phi) is 9.56.